The number of fused-ring (bicyclic) bond motifs is 2. The lowest BCUT2D eigenvalue weighted by Crippen LogP contribution is -2.48. The first-order valence-electron chi connectivity index (χ1n) is 8.03. The predicted molar refractivity (Wildman–Crippen MR) is 87.4 cm³/mol. The molecular formula is C17H26N2S. The zero-order chi connectivity index (χ0) is 13.8. The van der Waals surface area contributed by atoms with E-state index in [9.17, 15) is 0 Å². The highest BCUT2D eigenvalue weighted by Crippen LogP contribution is 2.30. The Morgan fingerprint density at radius 1 is 1.15 bits per heavy atom. The SMILES string of the molecule is CCN(CCSc1ccccc1)C1CC2CCC(C1)N2. The fraction of sp³-hybridized carbons (Fsp3) is 0.647. The summed E-state index contributed by atoms with van der Waals surface area (Å²) >= 11 is 1.99. The molecule has 2 saturated heterocycles. The quantitative estimate of drug-likeness (QED) is 0.809. The fourth-order valence-corrected chi connectivity index (χ4v) is 4.63. The van der Waals surface area contributed by atoms with Crippen molar-refractivity contribution >= 4 is 11.8 Å². The molecule has 20 heavy (non-hydrogen) atoms. The van der Waals surface area contributed by atoms with Crippen molar-refractivity contribution in [3.05, 3.63) is 30.3 Å². The monoisotopic (exact) mass is 290 g/mol. The van der Waals surface area contributed by atoms with Crippen LogP contribution < -0.4 is 5.32 Å². The van der Waals surface area contributed by atoms with Crippen LogP contribution in [0.4, 0.5) is 0 Å². The summed E-state index contributed by atoms with van der Waals surface area (Å²) in [4.78, 5) is 4.11. The molecule has 1 aromatic rings. The normalized spacial score (nSPS) is 29.0. The third-order valence-electron chi connectivity index (χ3n) is 4.76. The molecule has 2 aliphatic heterocycles. The van der Waals surface area contributed by atoms with E-state index in [-0.39, 0.29) is 0 Å². The van der Waals surface area contributed by atoms with Crippen molar-refractivity contribution in [3.63, 3.8) is 0 Å². The number of benzene rings is 1. The molecule has 2 heterocycles. The maximum atomic E-state index is 3.75. The molecule has 1 aromatic carbocycles. The van der Waals surface area contributed by atoms with Crippen LogP contribution in [0, 0.1) is 0 Å². The van der Waals surface area contributed by atoms with Crippen LogP contribution in [0.5, 0.6) is 0 Å². The Morgan fingerprint density at radius 2 is 1.85 bits per heavy atom. The van der Waals surface area contributed by atoms with Gasteiger partial charge in [0.05, 0.1) is 0 Å². The minimum atomic E-state index is 0.801. The number of thioether (sulfide) groups is 1. The van der Waals surface area contributed by atoms with E-state index < -0.39 is 0 Å². The van der Waals surface area contributed by atoms with Crippen molar-refractivity contribution < 1.29 is 0 Å². The van der Waals surface area contributed by atoms with Crippen LogP contribution in [0.15, 0.2) is 35.2 Å². The van der Waals surface area contributed by atoms with Crippen LogP contribution in [0.25, 0.3) is 0 Å². The second kappa shape index (κ2) is 6.97. The smallest absolute Gasteiger partial charge is 0.0125 e. The minimum absolute atomic E-state index is 0.801. The van der Waals surface area contributed by atoms with E-state index in [1.165, 1.54) is 49.4 Å². The Balaban J connectivity index is 1.47. The largest absolute Gasteiger partial charge is 0.311 e. The third kappa shape index (κ3) is 3.57. The van der Waals surface area contributed by atoms with Crippen LogP contribution in [0.3, 0.4) is 0 Å². The Bertz CT molecular complexity index is 397. The van der Waals surface area contributed by atoms with Gasteiger partial charge in [0.2, 0.25) is 0 Å². The summed E-state index contributed by atoms with van der Waals surface area (Å²) in [5.41, 5.74) is 0. The first-order chi connectivity index (χ1) is 9.85. The molecule has 0 amide bonds. The average Bonchev–Trinajstić information content (AvgIpc) is 2.83. The first kappa shape index (κ1) is 14.4. The van der Waals surface area contributed by atoms with Gasteiger partial charge in [0.25, 0.3) is 0 Å². The average molecular weight is 290 g/mol. The highest BCUT2D eigenvalue weighted by Gasteiger charge is 2.35. The second-order valence-electron chi connectivity index (χ2n) is 6.05. The van der Waals surface area contributed by atoms with Crippen molar-refractivity contribution in [2.75, 3.05) is 18.8 Å². The van der Waals surface area contributed by atoms with E-state index in [0.717, 1.165) is 18.1 Å². The summed E-state index contributed by atoms with van der Waals surface area (Å²) in [7, 11) is 0. The van der Waals surface area contributed by atoms with Crippen molar-refractivity contribution in [1.82, 2.24) is 10.2 Å². The number of piperidine rings is 1. The lowest BCUT2D eigenvalue weighted by atomic mass is 9.98. The van der Waals surface area contributed by atoms with Gasteiger partial charge in [-0.15, -0.1) is 11.8 Å². The summed E-state index contributed by atoms with van der Waals surface area (Å²) in [5, 5.41) is 3.75. The standard InChI is InChI=1S/C17H26N2S/c1-2-19(10-11-20-17-6-4-3-5-7-17)16-12-14-8-9-15(13-16)18-14/h3-7,14-16,18H,2,8-13H2,1H3. The molecule has 0 radical (unpaired) electrons. The van der Waals surface area contributed by atoms with Gasteiger partial charge in [0, 0.05) is 35.3 Å². The van der Waals surface area contributed by atoms with Gasteiger partial charge in [-0.3, -0.25) is 4.90 Å². The molecular weight excluding hydrogens is 264 g/mol. The zero-order valence-corrected chi connectivity index (χ0v) is 13.2. The second-order valence-corrected chi connectivity index (χ2v) is 7.22. The Kier molecular flexibility index (Phi) is 5.03. The van der Waals surface area contributed by atoms with Crippen LogP contribution in [-0.4, -0.2) is 41.9 Å². The maximum absolute atomic E-state index is 3.75. The first-order valence-corrected chi connectivity index (χ1v) is 9.01. The molecule has 0 spiro atoms. The van der Waals surface area contributed by atoms with Crippen molar-refractivity contribution in [2.45, 2.75) is 55.6 Å². The van der Waals surface area contributed by atoms with E-state index in [1.54, 1.807) is 0 Å². The molecule has 3 heteroatoms. The van der Waals surface area contributed by atoms with Crippen LogP contribution in [-0.2, 0) is 0 Å². The van der Waals surface area contributed by atoms with E-state index >= 15 is 0 Å². The molecule has 0 saturated carbocycles. The minimum Gasteiger partial charge on any atom is -0.311 e. The molecule has 2 aliphatic rings. The predicted octanol–water partition coefficient (Wildman–Crippen LogP) is 3.38. The highest BCUT2D eigenvalue weighted by molar-refractivity contribution is 7.99. The number of rotatable bonds is 6. The molecule has 2 unspecified atom stereocenters. The van der Waals surface area contributed by atoms with E-state index in [2.05, 4.69) is 47.5 Å². The Morgan fingerprint density at radius 3 is 2.50 bits per heavy atom. The Hall–Kier alpha value is -0.510. The topological polar surface area (TPSA) is 15.3 Å². The van der Waals surface area contributed by atoms with Gasteiger partial charge in [-0.25, -0.2) is 0 Å². The van der Waals surface area contributed by atoms with E-state index in [0.29, 0.717) is 0 Å². The van der Waals surface area contributed by atoms with Gasteiger partial charge in [-0.05, 0) is 44.4 Å². The van der Waals surface area contributed by atoms with Crippen molar-refractivity contribution in [3.8, 4) is 0 Å². The van der Waals surface area contributed by atoms with Crippen LogP contribution in [0.2, 0.25) is 0 Å². The van der Waals surface area contributed by atoms with Gasteiger partial charge in [0.1, 0.15) is 0 Å². The van der Waals surface area contributed by atoms with Crippen LogP contribution >= 0.6 is 11.8 Å². The molecule has 2 atom stereocenters. The van der Waals surface area contributed by atoms with Crippen molar-refractivity contribution in [2.24, 2.45) is 0 Å². The van der Waals surface area contributed by atoms with Gasteiger partial charge >= 0.3 is 0 Å². The lowest BCUT2D eigenvalue weighted by molar-refractivity contribution is 0.156. The highest BCUT2D eigenvalue weighted by atomic mass is 32.2. The number of hydrogen-bond donors (Lipinski definition) is 1. The summed E-state index contributed by atoms with van der Waals surface area (Å²) in [6.07, 6.45) is 5.52. The van der Waals surface area contributed by atoms with Crippen molar-refractivity contribution in [1.29, 1.82) is 0 Å². The van der Waals surface area contributed by atoms with E-state index in [4.69, 9.17) is 0 Å². The molecule has 0 aliphatic carbocycles. The number of nitrogens with one attached hydrogen (secondary N) is 1. The summed E-state index contributed by atoms with van der Waals surface area (Å²) in [6, 6.07) is 13.2. The number of hydrogen-bond acceptors (Lipinski definition) is 3. The molecule has 2 bridgehead atoms. The third-order valence-corrected chi connectivity index (χ3v) is 5.75. The molecule has 2 fully saturated rings. The molecule has 0 aromatic heterocycles. The van der Waals surface area contributed by atoms with E-state index in [1.807, 2.05) is 11.8 Å². The Labute approximate surface area is 127 Å². The van der Waals surface area contributed by atoms with Gasteiger partial charge < -0.3 is 5.32 Å². The molecule has 3 rings (SSSR count). The maximum Gasteiger partial charge on any atom is 0.0125 e. The molecule has 110 valence electrons. The number of nitrogens with zero attached hydrogens (tertiary/aromatic N) is 1. The lowest BCUT2D eigenvalue weighted by Gasteiger charge is -2.37. The van der Waals surface area contributed by atoms with Gasteiger partial charge in [-0.2, -0.15) is 0 Å². The fourth-order valence-electron chi connectivity index (χ4n) is 3.72. The summed E-state index contributed by atoms with van der Waals surface area (Å²) < 4.78 is 0. The van der Waals surface area contributed by atoms with Crippen LogP contribution in [0.1, 0.15) is 32.6 Å². The van der Waals surface area contributed by atoms with Gasteiger partial charge in [0.15, 0.2) is 0 Å². The summed E-state index contributed by atoms with van der Waals surface area (Å²) in [5.74, 6) is 1.21. The summed E-state index contributed by atoms with van der Waals surface area (Å²) in [6.45, 7) is 4.73. The zero-order valence-electron chi connectivity index (χ0n) is 12.4. The molecule has 1 N–H and O–H groups in total. The molecule has 2 nitrogen and oxygen atoms in total. The van der Waals surface area contributed by atoms with Gasteiger partial charge in [-0.1, -0.05) is 25.1 Å².